The molecule has 0 bridgehead atoms. The van der Waals surface area contributed by atoms with E-state index in [1.165, 1.54) is 12.1 Å². The lowest BCUT2D eigenvalue weighted by molar-refractivity contribution is -0.139. The van der Waals surface area contributed by atoms with Gasteiger partial charge in [-0.2, -0.15) is 0 Å². The number of carbonyl (C=O) groups is 1. The van der Waals surface area contributed by atoms with Crippen molar-refractivity contribution in [3.05, 3.63) is 71.5 Å². The minimum atomic E-state index is -0.940. The van der Waals surface area contributed by atoms with Gasteiger partial charge in [-0.15, -0.1) is 0 Å². The van der Waals surface area contributed by atoms with Gasteiger partial charge in [0.25, 0.3) is 0 Å². The maximum atomic E-state index is 12.9. The summed E-state index contributed by atoms with van der Waals surface area (Å²) in [6.07, 6.45) is 0. The van der Waals surface area contributed by atoms with Crippen LogP contribution < -0.4 is 5.32 Å². The van der Waals surface area contributed by atoms with E-state index in [2.05, 4.69) is 5.32 Å². The van der Waals surface area contributed by atoms with Crippen LogP contribution in [0.2, 0.25) is 0 Å². The molecule has 0 heterocycles. The van der Waals surface area contributed by atoms with E-state index < -0.39 is 12.0 Å². The number of halogens is 1. The predicted octanol–water partition coefficient (Wildman–Crippen LogP) is 3.30. The van der Waals surface area contributed by atoms with Crippen molar-refractivity contribution < 1.29 is 14.3 Å². The number of rotatable bonds is 5. The Balaban J connectivity index is 2.16. The Labute approximate surface area is 117 Å². The molecule has 0 saturated carbocycles. The fourth-order valence-corrected chi connectivity index (χ4v) is 2.05. The second-order valence-electron chi connectivity index (χ2n) is 4.62. The van der Waals surface area contributed by atoms with Crippen molar-refractivity contribution >= 4 is 5.97 Å². The second kappa shape index (κ2) is 6.30. The van der Waals surface area contributed by atoms with Crippen molar-refractivity contribution in [3.8, 4) is 0 Å². The number of carboxylic acids is 1. The molecule has 0 saturated heterocycles. The summed E-state index contributed by atoms with van der Waals surface area (Å²) in [6, 6.07) is 14.0. The first-order valence-electron chi connectivity index (χ1n) is 6.37. The fraction of sp³-hybridized carbons (Fsp3) is 0.188. The van der Waals surface area contributed by atoms with Crippen LogP contribution in [0.5, 0.6) is 0 Å². The highest BCUT2D eigenvalue weighted by atomic mass is 19.1. The Morgan fingerprint density at radius 1 is 1.05 bits per heavy atom. The van der Waals surface area contributed by atoms with Crippen LogP contribution in [0.25, 0.3) is 0 Å². The van der Waals surface area contributed by atoms with Gasteiger partial charge in [0, 0.05) is 6.04 Å². The molecule has 1 unspecified atom stereocenters. The molecule has 2 atom stereocenters. The molecule has 2 N–H and O–H groups in total. The number of aliphatic carboxylic acids is 1. The summed E-state index contributed by atoms with van der Waals surface area (Å²) >= 11 is 0. The van der Waals surface area contributed by atoms with E-state index in [1.807, 2.05) is 13.0 Å². The molecule has 3 nitrogen and oxygen atoms in total. The van der Waals surface area contributed by atoms with Gasteiger partial charge in [-0.3, -0.25) is 10.1 Å². The summed E-state index contributed by atoms with van der Waals surface area (Å²) in [5, 5.41) is 12.4. The Hall–Kier alpha value is -2.20. The maximum absolute atomic E-state index is 12.9. The molecular formula is C16H16FNO2. The van der Waals surface area contributed by atoms with Crippen LogP contribution in [-0.4, -0.2) is 11.1 Å². The van der Waals surface area contributed by atoms with Crippen molar-refractivity contribution in [3.63, 3.8) is 0 Å². The number of hydrogen-bond acceptors (Lipinski definition) is 2. The van der Waals surface area contributed by atoms with E-state index in [4.69, 9.17) is 0 Å². The van der Waals surface area contributed by atoms with Gasteiger partial charge < -0.3 is 5.11 Å². The van der Waals surface area contributed by atoms with E-state index >= 15 is 0 Å². The van der Waals surface area contributed by atoms with Gasteiger partial charge in [0.15, 0.2) is 0 Å². The van der Waals surface area contributed by atoms with Crippen LogP contribution in [0.1, 0.15) is 30.1 Å². The molecule has 0 spiro atoms. The SMILES string of the molecule is C[C@@H](NC(C(=O)O)c1ccccc1)c1ccc(F)cc1. The first-order chi connectivity index (χ1) is 9.58. The summed E-state index contributed by atoms with van der Waals surface area (Å²) in [5.74, 6) is -1.25. The zero-order valence-electron chi connectivity index (χ0n) is 11.1. The molecule has 104 valence electrons. The van der Waals surface area contributed by atoms with Gasteiger partial charge in [0.1, 0.15) is 11.9 Å². The minimum absolute atomic E-state index is 0.197. The first-order valence-corrected chi connectivity index (χ1v) is 6.37. The third-order valence-corrected chi connectivity index (χ3v) is 3.17. The molecule has 0 fully saturated rings. The molecule has 0 radical (unpaired) electrons. The third-order valence-electron chi connectivity index (χ3n) is 3.17. The van der Waals surface area contributed by atoms with E-state index in [0.29, 0.717) is 5.56 Å². The highest BCUT2D eigenvalue weighted by Gasteiger charge is 2.21. The molecule has 0 aliphatic carbocycles. The molecule has 0 aliphatic heterocycles. The van der Waals surface area contributed by atoms with E-state index in [0.717, 1.165) is 5.56 Å². The van der Waals surface area contributed by atoms with E-state index in [9.17, 15) is 14.3 Å². The van der Waals surface area contributed by atoms with Crippen LogP contribution in [0, 0.1) is 5.82 Å². The average molecular weight is 273 g/mol. The predicted molar refractivity (Wildman–Crippen MR) is 74.8 cm³/mol. The first kappa shape index (κ1) is 14.2. The summed E-state index contributed by atoms with van der Waals surface area (Å²) in [7, 11) is 0. The molecule has 4 heteroatoms. The van der Waals surface area contributed by atoms with Crippen LogP contribution in [0.15, 0.2) is 54.6 Å². The quantitative estimate of drug-likeness (QED) is 0.878. The van der Waals surface area contributed by atoms with Crippen LogP contribution in [-0.2, 0) is 4.79 Å². The Morgan fingerprint density at radius 2 is 1.65 bits per heavy atom. The normalized spacial score (nSPS) is 13.7. The lowest BCUT2D eigenvalue weighted by atomic mass is 10.0. The maximum Gasteiger partial charge on any atom is 0.325 e. The number of nitrogens with one attached hydrogen (secondary N) is 1. The Bertz CT molecular complexity index is 569. The van der Waals surface area contributed by atoms with Crippen molar-refractivity contribution in [1.82, 2.24) is 5.32 Å². The summed E-state index contributed by atoms with van der Waals surface area (Å²) in [5.41, 5.74) is 1.53. The number of carboxylic acid groups (broad SMARTS) is 1. The largest absolute Gasteiger partial charge is 0.480 e. The smallest absolute Gasteiger partial charge is 0.325 e. The topological polar surface area (TPSA) is 49.3 Å². The van der Waals surface area contributed by atoms with Crippen molar-refractivity contribution in [2.45, 2.75) is 19.0 Å². The average Bonchev–Trinajstić information content (AvgIpc) is 2.46. The van der Waals surface area contributed by atoms with Crippen molar-refractivity contribution in [2.75, 3.05) is 0 Å². The molecule has 2 aromatic carbocycles. The molecule has 2 rings (SSSR count). The lowest BCUT2D eigenvalue weighted by Crippen LogP contribution is -2.30. The van der Waals surface area contributed by atoms with E-state index in [-0.39, 0.29) is 11.9 Å². The summed E-state index contributed by atoms with van der Waals surface area (Å²) in [6.45, 7) is 1.85. The second-order valence-corrected chi connectivity index (χ2v) is 4.62. The Kier molecular flexibility index (Phi) is 4.48. The zero-order valence-corrected chi connectivity index (χ0v) is 11.1. The standard InChI is InChI=1S/C16H16FNO2/c1-11(12-7-9-14(17)10-8-12)18-15(16(19)20)13-5-3-2-4-6-13/h2-11,15,18H,1H3,(H,19,20)/t11-,15?/m1/s1. The molecule has 0 amide bonds. The third kappa shape index (κ3) is 3.42. The Morgan fingerprint density at radius 3 is 2.20 bits per heavy atom. The molecule has 20 heavy (non-hydrogen) atoms. The fourth-order valence-electron chi connectivity index (χ4n) is 2.05. The van der Waals surface area contributed by atoms with E-state index in [1.54, 1.807) is 36.4 Å². The number of hydrogen-bond donors (Lipinski definition) is 2. The van der Waals surface area contributed by atoms with Gasteiger partial charge in [0.2, 0.25) is 0 Å². The van der Waals surface area contributed by atoms with Gasteiger partial charge in [0.05, 0.1) is 0 Å². The van der Waals surface area contributed by atoms with Gasteiger partial charge in [-0.05, 0) is 30.2 Å². The minimum Gasteiger partial charge on any atom is -0.480 e. The summed E-state index contributed by atoms with van der Waals surface area (Å²) < 4.78 is 12.9. The molecular weight excluding hydrogens is 257 g/mol. The van der Waals surface area contributed by atoms with Crippen molar-refractivity contribution in [2.24, 2.45) is 0 Å². The monoisotopic (exact) mass is 273 g/mol. The highest BCUT2D eigenvalue weighted by Crippen LogP contribution is 2.20. The lowest BCUT2D eigenvalue weighted by Gasteiger charge is -2.21. The molecule has 2 aromatic rings. The molecule has 0 aromatic heterocycles. The van der Waals surface area contributed by atoms with Crippen molar-refractivity contribution in [1.29, 1.82) is 0 Å². The highest BCUT2D eigenvalue weighted by molar-refractivity contribution is 5.75. The van der Waals surface area contributed by atoms with Gasteiger partial charge in [-0.1, -0.05) is 42.5 Å². The zero-order chi connectivity index (χ0) is 14.5. The number of benzene rings is 2. The van der Waals surface area contributed by atoms with Crippen LogP contribution in [0.4, 0.5) is 4.39 Å². The van der Waals surface area contributed by atoms with Crippen LogP contribution >= 0.6 is 0 Å². The van der Waals surface area contributed by atoms with Gasteiger partial charge >= 0.3 is 5.97 Å². The summed E-state index contributed by atoms with van der Waals surface area (Å²) in [4.78, 5) is 11.4. The van der Waals surface area contributed by atoms with Gasteiger partial charge in [-0.25, -0.2) is 4.39 Å². The van der Waals surface area contributed by atoms with Crippen LogP contribution in [0.3, 0.4) is 0 Å². The molecule has 0 aliphatic rings.